The lowest BCUT2D eigenvalue weighted by atomic mass is 10.0. The minimum absolute atomic E-state index is 0.371. The Morgan fingerprint density at radius 3 is 2.24 bits per heavy atom. The lowest BCUT2D eigenvalue weighted by Gasteiger charge is -2.29. The van der Waals surface area contributed by atoms with Crippen LogP contribution in [0.5, 0.6) is 5.75 Å². The fourth-order valence-electron chi connectivity index (χ4n) is 2.72. The van der Waals surface area contributed by atoms with E-state index in [4.69, 9.17) is 0 Å². The third-order valence-corrected chi connectivity index (χ3v) is 3.92. The van der Waals surface area contributed by atoms with Crippen molar-refractivity contribution in [2.75, 3.05) is 18.1 Å². The third kappa shape index (κ3) is 3.04. The highest BCUT2D eigenvalue weighted by Crippen LogP contribution is 2.30. The molecule has 3 nitrogen and oxygen atoms in total. The van der Waals surface area contributed by atoms with E-state index in [2.05, 4.69) is 4.74 Å². The van der Waals surface area contributed by atoms with Gasteiger partial charge in [0.2, 0.25) is 29.1 Å². The molecular weight excluding hydrogens is 345 g/mol. The van der Waals surface area contributed by atoms with Gasteiger partial charge in [0, 0.05) is 12.2 Å². The van der Waals surface area contributed by atoms with Crippen LogP contribution in [0.3, 0.4) is 0 Å². The summed E-state index contributed by atoms with van der Waals surface area (Å²) in [6, 6.07) is 7.11. The van der Waals surface area contributed by atoms with Crippen LogP contribution in [0.2, 0.25) is 0 Å². The Bertz CT molecular complexity index is 811. The predicted octanol–water partition coefficient (Wildman–Crippen LogP) is 3.74. The average Bonchev–Trinajstić information content (AvgIpc) is 2.64. The van der Waals surface area contributed by atoms with E-state index >= 15 is 0 Å². The number of halogens is 5. The van der Waals surface area contributed by atoms with Crippen LogP contribution in [0.1, 0.15) is 12.0 Å². The number of hydrogen-bond donors (Lipinski definition) is 0. The lowest BCUT2D eigenvalue weighted by Crippen LogP contribution is -2.38. The molecule has 0 N–H and O–H groups in total. The SMILES string of the molecule is O=C(COc1c(F)c(F)c(F)c(F)c1F)N1CCCc2ccccc21. The summed E-state index contributed by atoms with van der Waals surface area (Å²) in [7, 11) is 0. The molecular formula is C17H12F5NO2. The maximum atomic E-state index is 13.6. The van der Waals surface area contributed by atoms with Crippen molar-refractivity contribution in [3.05, 3.63) is 58.9 Å². The molecule has 0 radical (unpaired) electrons. The molecule has 2 aromatic carbocycles. The van der Waals surface area contributed by atoms with E-state index in [0.29, 0.717) is 18.7 Å². The van der Waals surface area contributed by atoms with Crippen molar-refractivity contribution in [2.45, 2.75) is 12.8 Å². The Balaban J connectivity index is 1.81. The van der Waals surface area contributed by atoms with E-state index in [1.165, 1.54) is 4.90 Å². The Kier molecular flexibility index (Phi) is 4.61. The topological polar surface area (TPSA) is 29.5 Å². The normalized spacial score (nSPS) is 13.6. The van der Waals surface area contributed by atoms with Crippen LogP contribution < -0.4 is 9.64 Å². The first-order valence-corrected chi connectivity index (χ1v) is 7.44. The molecule has 8 heteroatoms. The van der Waals surface area contributed by atoms with Crippen molar-refractivity contribution in [1.29, 1.82) is 0 Å². The largest absolute Gasteiger partial charge is 0.477 e. The number of ether oxygens (including phenoxy) is 1. The van der Waals surface area contributed by atoms with E-state index in [9.17, 15) is 26.7 Å². The van der Waals surface area contributed by atoms with Gasteiger partial charge in [0.25, 0.3) is 5.91 Å². The number of benzene rings is 2. The van der Waals surface area contributed by atoms with Gasteiger partial charge >= 0.3 is 0 Å². The molecule has 0 atom stereocenters. The number of carbonyl (C=O) groups is 1. The quantitative estimate of drug-likeness (QED) is 0.476. The van der Waals surface area contributed by atoms with Gasteiger partial charge in [0.15, 0.2) is 12.4 Å². The van der Waals surface area contributed by atoms with Gasteiger partial charge in [0.1, 0.15) is 0 Å². The highest BCUT2D eigenvalue weighted by atomic mass is 19.2. The van der Waals surface area contributed by atoms with Gasteiger partial charge in [-0.3, -0.25) is 4.79 Å². The number of anilines is 1. The minimum atomic E-state index is -2.28. The Hall–Kier alpha value is -2.64. The molecule has 1 amide bonds. The molecule has 0 aromatic heterocycles. The molecule has 0 spiro atoms. The fraction of sp³-hybridized carbons (Fsp3) is 0.235. The number of aryl methyl sites for hydroxylation is 1. The van der Waals surface area contributed by atoms with Crippen molar-refractivity contribution in [2.24, 2.45) is 0 Å². The first-order chi connectivity index (χ1) is 11.9. The van der Waals surface area contributed by atoms with Crippen LogP contribution in [-0.4, -0.2) is 19.1 Å². The minimum Gasteiger partial charge on any atom is -0.477 e. The lowest BCUT2D eigenvalue weighted by molar-refractivity contribution is -0.120. The van der Waals surface area contributed by atoms with Gasteiger partial charge in [0.05, 0.1) is 0 Å². The van der Waals surface area contributed by atoms with Crippen molar-refractivity contribution in [1.82, 2.24) is 0 Å². The molecule has 0 aliphatic carbocycles. The predicted molar refractivity (Wildman–Crippen MR) is 78.8 cm³/mol. The molecule has 0 fully saturated rings. The Morgan fingerprint density at radius 2 is 1.56 bits per heavy atom. The number of para-hydroxylation sites is 1. The summed E-state index contributed by atoms with van der Waals surface area (Å²) in [6.45, 7) is -0.483. The van der Waals surface area contributed by atoms with Crippen LogP contribution in [0.4, 0.5) is 27.6 Å². The van der Waals surface area contributed by atoms with Gasteiger partial charge in [-0.1, -0.05) is 18.2 Å². The van der Waals surface area contributed by atoms with Crippen molar-refractivity contribution in [3.8, 4) is 5.75 Å². The summed E-state index contributed by atoms with van der Waals surface area (Å²) in [5, 5.41) is 0. The van der Waals surface area contributed by atoms with Crippen LogP contribution in [0.15, 0.2) is 24.3 Å². The first-order valence-electron chi connectivity index (χ1n) is 7.44. The van der Waals surface area contributed by atoms with Gasteiger partial charge in [-0.15, -0.1) is 0 Å². The zero-order valence-electron chi connectivity index (χ0n) is 12.8. The number of hydrogen-bond acceptors (Lipinski definition) is 2. The van der Waals surface area contributed by atoms with E-state index in [1.807, 2.05) is 12.1 Å². The second kappa shape index (κ2) is 6.70. The van der Waals surface area contributed by atoms with Gasteiger partial charge in [-0.25, -0.2) is 13.2 Å². The zero-order chi connectivity index (χ0) is 18.1. The van der Waals surface area contributed by atoms with Gasteiger partial charge < -0.3 is 9.64 Å². The van der Waals surface area contributed by atoms with Gasteiger partial charge in [-0.2, -0.15) is 8.78 Å². The summed E-state index contributed by atoms with van der Waals surface area (Å²) in [5.74, 6) is -12.8. The van der Waals surface area contributed by atoms with E-state index in [-0.39, 0.29) is 0 Å². The first kappa shape index (κ1) is 17.2. The maximum absolute atomic E-state index is 13.6. The van der Waals surface area contributed by atoms with Crippen LogP contribution in [0, 0.1) is 29.1 Å². The molecule has 0 saturated heterocycles. The number of rotatable bonds is 3. The molecule has 132 valence electrons. The van der Waals surface area contributed by atoms with Crippen molar-refractivity contribution in [3.63, 3.8) is 0 Å². The van der Waals surface area contributed by atoms with E-state index in [1.54, 1.807) is 12.1 Å². The molecule has 2 aromatic rings. The highest BCUT2D eigenvalue weighted by Gasteiger charge is 2.28. The van der Waals surface area contributed by atoms with E-state index in [0.717, 1.165) is 12.0 Å². The van der Waals surface area contributed by atoms with Crippen LogP contribution in [-0.2, 0) is 11.2 Å². The summed E-state index contributed by atoms with van der Waals surface area (Å²) in [5.41, 5.74) is 1.57. The third-order valence-electron chi connectivity index (χ3n) is 3.92. The molecule has 1 heterocycles. The number of nitrogens with zero attached hydrogens (tertiary/aromatic N) is 1. The van der Waals surface area contributed by atoms with Crippen molar-refractivity contribution < 1.29 is 31.5 Å². The standard InChI is InChI=1S/C17H12F5NO2/c18-12-13(19)15(21)17(16(22)14(12)20)25-8-11(24)23-7-3-5-9-4-1-2-6-10(9)23/h1-2,4,6H,3,5,7-8H2. The number of carbonyl (C=O) groups excluding carboxylic acids is 1. The Morgan fingerprint density at radius 1 is 0.960 bits per heavy atom. The molecule has 25 heavy (non-hydrogen) atoms. The molecule has 0 bridgehead atoms. The summed E-state index contributed by atoms with van der Waals surface area (Å²) >= 11 is 0. The molecule has 0 saturated carbocycles. The highest BCUT2D eigenvalue weighted by molar-refractivity contribution is 5.95. The second-order valence-electron chi connectivity index (χ2n) is 5.47. The fourth-order valence-corrected chi connectivity index (χ4v) is 2.72. The second-order valence-corrected chi connectivity index (χ2v) is 5.47. The molecule has 3 rings (SSSR count). The zero-order valence-corrected chi connectivity index (χ0v) is 12.8. The smallest absolute Gasteiger partial charge is 0.264 e. The van der Waals surface area contributed by atoms with Crippen LogP contribution >= 0.6 is 0 Å². The molecule has 1 aliphatic heterocycles. The molecule has 0 unspecified atom stereocenters. The van der Waals surface area contributed by atoms with Gasteiger partial charge in [-0.05, 0) is 24.5 Å². The Labute approximate surface area is 139 Å². The average molecular weight is 357 g/mol. The monoisotopic (exact) mass is 357 g/mol. The maximum Gasteiger partial charge on any atom is 0.264 e. The number of fused-ring (bicyclic) bond motifs is 1. The van der Waals surface area contributed by atoms with Crippen LogP contribution in [0.25, 0.3) is 0 Å². The summed E-state index contributed by atoms with van der Waals surface area (Å²) < 4.78 is 71.0. The van der Waals surface area contributed by atoms with Crippen molar-refractivity contribution >= 4 is 11.6 Å². The summed E-state index contributed by atoms with van der Waals surface area (Å²) in [4.78, 5) is 13.7. The summed E-state index contributed by atoms with van der Waals surface area (Å²) in [6.07, 6.45) is 1.46. The molecule has 1 aliphatic rings. The van der Waals surface area contributed by atoms with E-state index < -0.39 is 47.3 Å². The number of amides is 1.